The quantitative estimate of drug-likeness (QED) is 0.377. The molecule has 4 heteroatoms. The van der Waals surface area contributed by atoms with E-state index in [1.54, 1.807) is 7.11 Å². The van der Waals surface area contributed by atoms with Crippen LogP contribution in [0.15, 0.2) is 0 Å². The van der Waals surface area contributed by atoms with E-state index in [0.29, 0.717) is 0 Å². The molecule has 1 nitrogen and oxygen atoms in total. The van der Waals surface area contributed by atoms with Crippen LogP contribution in [-0.4, -0.2) is 44.4 Å². The van der Waals surface area contributed by atoms with Crippen LogP contribution in [0.25, 0.3) is 0 Å². The molecule has 0 spiro atoms. The van der Waals surface area contributed by atoms with Crippen LogP contribution in [0.5, 0.6) is 0 Å². The molecule has 0 fully saturated rings. The van der Waals surface area contributed by atoms with Crippen molar-refractivity contribution in [2.24, 2.45) is 0 Å². The predicted molar refractivity (Wildman–Crippen MR) is 44.4 cm³/mol. The summed E-state index contributed by atoms with van der Waals surface area (Å²) in [5.74, 6) is 0. The molecule has 44 valence electrons. The average molecular weight is 150 g/mol. The van der Waals surface area contributed by atoms with Crippen LogP contribution in [0.1, 0.15) is 0 Å². The standard InChI is InChI=1S/C3H14OSi3/c1-4-2-3(5,6)7/h2H2,1,5-7H3. The van der Waals surface area contributed by atoms with Gasteiger partial charge in [0.2, 0.25) is 0 Å². The van der Waals surface area contributed by atoms with Crippen LogP contribution < -0.4 is 0 Å². The molecule has 0 amide bonds. The van der Waals surface area contributed by atoms with Crippen LogP contribution in [0.2, 0.25) is 4.28 Å². The summed E-state index contributed by atoms with van der Waals surface area (Å²) in [6.45, 7) is 1.03. The van der Waals surface area contributed by atoms with Crippen molar-refractivity contribution in [3.63, 3.8) is 0 Å². The summed E-state index contributed by atoms with van der Waals surface area (Å²) in [6, 6.07) is 0. The molecule has 0 bridgehead atoms. The first kappa shape index (κ1) is 7.61. The van der Waals surface area contributed by atoms with Gasteiger partial charge in [-0.05, 0) is 4.28 Å². The molecule has 0 saturated heterocycles. The number of ether oxygens (including phenoxy) is 1. The molecule has 0 atom stereocenters. The van der Waals surface area contributed by atoms with E-state index >= 15 is 0 Å². The molecule has 0 heterocycles. The van der Waals surface area contributed by atoms with E-state index in [0.717, 1.165) is 10.9 Å². The van der Waals surface area contributed by atoms with Crippen LogP contribution in [-0.2, 0) is 4.74 Å². The van der Waals surface area contributed by atoms with Gasteiger partial charge in [0.25, 0.3) is 0 Å². The summed E-state index contributed by atoms with van der Waals surface area (Å²) in [5, 5.41) is 0. The molecule has 0 aromatic heterocycles. The lowest BCUT2D eigenvalue weighted by Crippen LogP contribution is -2.18. The molecule has 0 rings (SSSR count). The van der Waals surface area contributed by atoms with Crippen molar-refractivity contribution < 1.29 is 4.74 Å². The van der Waals surface area contributed by atoms with E-state index in [9.17, 15) is 0 Å². The minimum absolute atomic E-state index is 0.745. The normalized spacial score (nSPS) is 20.1. The van der Waals surface area contributed by atoms with Crippen molar-refractivity contribution >= 4 is 30.7 Å². The molecular weight excluding hydrogens is 136 g/mol. The van der Waals surface area contributed by atoms with Gasteiger partial charge in [0.05, 0.1) is 0 Å². The molecule has 7 heavy (non-hydrogen) atoms. The summed E-state index contributed by atoms with van der Waals surface area (Å²) in [6.07, 6.45) is 0. The predicted octanol–water partition coefficient (Wildman–Crippen LogP) is -3.20. The monoisotopic (exact) mass is 150 g/mol. The van der Waals surface area contributed by atoms with Crippen LogP contribution >= 0.6 is 0 Å². The second-order valence-electron chi connectivity index (χ2n) is 2.99. The van der Waals surface area contributed by atoms with E-state index in [-0.39, 0.29) is 0 Å². The van der Waals surface area contributed by atoms with Crippen molar-refractivity contribution in [2.45, 2.75) is 4.28 Å². The minimum Gasteiger partial charge on any atom is -0.385 e. The maximum Gasteiger partial charge on any atom is 0.0424 e. The molecule has 0 saturated carbocycles. The fraction of sp³-hybridized carbons (Fsp3) is 1.00. The zero-order chi connectivity index (χ0) is 5.91. The first-order chi connectivity index (χ1) is 3.06. The average Bonchev–Trinajstić information content (AvgIpc) is 1.30. The van der Waals surface area contributed by atoms with Crippen molar-refractivity contribution in [2.75, 3.05) is 13.7 Å². The zero-order valence-electron chi connectivity index (χ0n) is 5.62. The van der Waals surface area contributed by atoms with Crippen molar-refractivity contribution in [1.29, 1.82) is 0 Å². The Morgan fingerprint density at radius 1 is 1.43 bits per heavy atom. The second kappa shape index (κ2) is 2.81. The van der Waals surface area contributed by atoms with Crippen LogP contribution in [0.3, 0.4) is 0 Å². The van der Waals surface area contributed by atoms with Gasteiger partial charge in [0.1, 0.15) is 0 Å². The fourth-order valence-corrected chi connectivity index (χ4v) is 1.30. The molecule has 0 aliphatic carbocycles. The van der Waals surface area contributed by atoms with E-state index in [1.165, 1.54) is 30.7 Å². The van der Waals surface area contributed by atoms with Crippen molar-refractivity contribution in [3.8, 4) is 0 Å². The lowest BCUT2D eigenvalue weighted by atomic mass is 10.8. The summed E-state index contributed by atoms with van der Waals surface area (Å²) in [4.78, 5) is 0. The number of methoxy groups -OCH3 is 1. The van der Waals surface area contributed by atoms with Crippen molar-refractivity contribution in [1.82, 2.24) is 0 Å². The van der Waals surface area contributed by atoms with Crippen LogP contribution in [0.4, 0.5) is 0 Å². The Morgan fingerprint density at radius 2 is 1.86 bits per heavy atom. The van der Waals surface area contributed by atoms with Gasteiger partial charge < -0.3 is 4.74 Å². The lowest BCUT2D eigenvalue weighted by molar-refractivity contribution is 0.203. The molecule has 0 N–H and O–H groups in total. The van der Waals surface area contributed by atoms with Gasteiger partial charge in [-0.15, -0.1) is 0 Å². The molecule has 0 unspecified atom stereocenters. The summed E-state index contributed by atoms with van der Waals surface area (Å²) in [7, 11) is 5.80. The Labute approximate surface area is 54.1 Å². The van der Waals surface area contributed by atoms with E-state index in [1.807, 2.05) is 0 Å². The van der Waals surface area contributed by atoms with Gasteiger partial charge in [-0.25, -0.2) is 0 Å². The van der Waals surface area contributed by atoms with Gasteiger partial charge in [0.15, 0.2) is 0 Å². The summed E-state index contributed by atoms with van der Waals surface area (Å²) in [5.41, 5.74) is 0. The number of hydrogen-bond acceptors (Lipinski definition) is 1. The molecular formula is C3H14OSi3. The van der Waals surface area contributed by atoms with Gasteiger partial charge in [-0.2, -0.15) is 0 Å². The smallest absolute Gasteiger partial charge is 0.0424 e. The first-order valence-electron chi connectivity index (χ1n) is 2.55. The van der Waals surface area contributed by atoms with Gasteiger partial charge in [-0.3, -0.25) is 0 Å². The van der Waals surface area contributed by atoms with E-state index in [4.69, 9.17) is 4.74 Å². The number of hydrogen-bond donors (Lipinski definition) is 0. The highest BCUT2D eigenvalue weighted by Crippen LogP contribution is 2.05. The lowest BCUT2D eigenvalue weighted by Gasteiger charge is -2.14. The Hall–Kier alpha value is 0.611. The Kier molecular flexibility index (Phi) is 3.05. The fourth-order valence-electron chi connectivity index (χ4n) is 0.433. The maximum absolute atomic E-state index is 5.01. The van der Waals surface area contributed by atoms with E-state index in [2.05, 4.69) is 0 Å². The molecule has 0 radical (unpaired) electrons. The molecule has 0 aliphatic rings. The van der Waals surface area contributed by atoms with Gasteiger partial charge in [0, 0.05) is 44.4 Å². The maximum atomic E-state index is 5.01. The zero-order valence-corrected chi connectivity index (χ0v) is 11.6. The SMILES string of the molecule is COCC([SiH3])([SiH3])[SiH3]. The highest BCUT2D eigenvalue weighted by molar-refractivity contribution is 6.59. The van der Waals surface area contributed by atoms with Gasteiger partial charge in [-0.1, -0.05) is 0 Å². The highest BCUT2D eigenvalue weighted by Gasteiger charge is 2.07. The van der Waals surface area contributed by atoms with Crippen LogP contribution in [0, 0.1) is 0 Å². The van der Waals surface area contributed by atoms with Gasteiger partial charge >= 0.3 is 0 Å². The third-order valence-electron chi connectivity index (χ3n) is 0.577. The second-order valence-corrected chi connectivity index (χ2v) is 17.1. The molecule has 0 aromatic carbocycles. The topological polar surface area (TPSA) is 9.23 Å². The molecule has 0 aliphatic heterocycles. The highest BCUT2D eigenvalue weighted by atomic mass is 28.3. The summed E-state index contributed by atoms with van der Waals surface area (Å²) >= 11 is 0. The van der Waals surface area contributed by atoms with Crippen molar-refractivity contribution in [3.05, 3.63) is 0 Å². The Morgan fingerprint density at radius 3 is 1.86 bits per heavy atom. The largest absolute Gasteiger partial charge is 0.385 e. The number of rotatable bonds is 2. The first-order valence-corrected chi connectivity index (χ1v) is 5.55. The Balaban J connectivity index is 3.15. The third kappa shape index (κ3) is 6.61. The van der Waals surface area contributed by atoms with E-state index < -0.39 is 0 Å². The minimum atomic E-state index is 0.745. The third-order valence-corrected chi connectivity index (χ3v) is 1.44. The Bertz CT molecular complexity index is 48.6. The molecule has 0 aromatic rings. The summed E-state index contributed by atoms with van der Waals surface area (Å²) < 4.78 is 5.76.